The van der Waals surface area contributed by atoms with Crippen LogP contribution in [0.2, 0.25) is 0 Å². The first-order valence-corrected chi connectivity index (χ1v) is 9.05. The molecule has 3 rings (SSSR count). The van der Waals surface area contributed by atoms with Gasteiger partial charge in [-0.1, -0.05) is 11.3 Å². The molecule has 1 unspecified atom stereocenters. The maximum atomic E-state index is 10.9. The summed E-state index contributed by atoms with van der Waals surface area (Å²) in [5, 5.41) is 13.0. The smallest absolute Gasteiger partial charge is 0.473 e. The zero-order valence-electron chi connectivity index (χ0n) is 14.8. The normalized spacial score (nSPS) is 12.0. The lowest BCUT2D eigenvalue weighted by molar-refractivity contribution is 0.145. The fourth-order valence-electron chi connectivity index (χ4n) is 2.51. The van der Waals surface area contributed by atoms with E-state index < -0.39 is 6.16 Å². The monoisotopic (exact) mass is 389 g/mol. The van der Waals surface area contributed by atoms with Gasteiger partial charge in [0.2, 0.25) is 5.88 Å². The Kier molecular flexibility index (Phi) is 5.67. The zero-order valence-corrected chi connectivity index (χ0v) is 15.6. The highest BCUT2D eigenvalue weighted by Crippen LogP contribution is 2.40. The molecule has 3 aromatic heterocycles. The Morgan fingerprint density at radius 3 is 2.96 bits per heavy atom. The van der Waals surface area contributed by atoms with Crippen molar-refractivity contribution in [3.63, 3.8) is 0 Å². The van der Waals surface area contributed by atoms with Crippen molar-refractivity contribution in [1.82, 2.24) is 15.0 Å². The molecule has 0 aliphatic carbocycles. The first-order valence-electron chi connectivity index (χ1n) is 8.23. The Bertz CT molecular complexity index is 962. The third kappa shape index (κ3) is 4.23. The molecule has 10 heteroatoms. The highest BCUT2D eigenvalue weighted by molar-refractivity contribution is 7.20. The zero-order chi connectivity index (χ0) is 19.4. The molecule has 0 fully saturated rings. The first kappa shape index (κ1) is 18.8. The van der Waals surface area contributed by atoms with Gasteiger partial charge in [0.1, 0.15) is 22.7 Å². The third-order valence-corrected chi connectivity index (χ3v) is 4.85. The van der Waals surface area contributed by atoms with Crippen LogP contribution < -0.4 is 20.5 Å². The highest BCUT2D eigenvalue weighted by atomic mass is 32.1. The Labute approximate surface area is 159 Å². The highest BCUT2D eigenvalue weighted by Gasteiger charge is 2.19. The molecule has 0 radical (unpaired) electrons. The number of anilines is 2. The van der Waals surface area contributed by atoms with Crippen molar-refractivity contribution < 1.29 is 19.4 Å². The summed E-state index contributed by atoms with van der Waals surface area (Å²) in [5.74, 6) is 0.943. The number of nitrogens with zero attached hydrogens (tertiary/aromatic N) is 3. The van der Waals surface area contributed by atoms with Gasteiger partial charge in [0.15, 0.2) is 5.06 Å². The number of aromatic nitrogens is 3. The van der Waals surface area contributed by atoms with Crippen molar-refractivity contribution in [2.24, 2.45) is 5.73 Å². The van der Waals surface area contributed by atoms with E-state index in [1.807, 2.05) is 13.0 Å². The second-order valence-corrected chi connectivity index (χ2v) is 6.73. The molecule has 0 aromatic carbocycles. The average Bonchev–Trinajstić information content (AvgIpc) is 2.93. The van der Waals surface area contributed by atoms with Gasteiger partial charge in [0.25, 0.3) is 0 Å². The van der Waals surface area contributed by atoms with E-state index in [-0.39, 0.29) is 11.2 Å². The van der Waals surface area contributed by atoms with Gasteiger partial charge in [-0.2, -0.15) is 0 Å². The summed E-state index contributed by atoms with van der Waals surface area (Å²) in [6, 6.07) is 3.60. The number of rotatable bonds is 7. The Morgan fingerprint density at radius 1 is 1.41 bits per heavy atom. The van der Waals surface area contributed by atoms with Gasteiger partial charge in [0.05, 0.1) is 11.5 Å². The van der Waals surface area contributed by atoms with E-state index in [1.165, 1.54) is 6.33 Å². The number of aryl methyl sites for hydroxylation is 1. The van der Waals surface area contributed by atoms with Gasteiger partial charge in [0, 0.05) is 11.8 Å². The van der Waals surface area contributed by atoms with Crippen molar-refractivity contribution >= 4 is 39.2 Å². The van der Waals surface area contributed by atoms with E-state index in [1.54, 1.807) is 19.2 Å². The van der Waals surface area contributed by atoms with E-state index in [0.29, 0.717) is 46.1 Å². The van der Waals surface area contributed by atoms with E-state index >= 15 is 0 Å². The number of nitrogens with one attached hydrogen (secondary N) is 1. The third-order valence-electron chi connectivity index (χ3n) is 3.77. The van der Waals surface area contributed by atoms with Crippen molar-refractivity contribution in [2.75, 3.05) is 11.9 Å². The molecule has 0 spiro atoms. The van der Waals surface area contributed by atoms with Crippen molar-refractivity contribution in [2.45, 2.75) is 26.4 Å². The lowest BCUT2D eigenvalue weighted by Gasteiger charge is -2.16. The van der Waals surface area contributed by atoms with Crippen LogP contribution in [0.4, 0.5) is 16.3 Å². The van der Waals surface area contributed by atoms with E-state index in [4.69, 9.17) is 20.3 Å². The first-order chi connectivity index (χ1) is 13.0. The maximum Gasteiger partial charge on any atom is 0.512 e. The molecule has 4 N–H and O–H groups in total. The summed E-state index contributed by atoms with van der Waals surface area (Å²) >= 11 is 1.14. The van der Waals surface area contributed by atoms with Crippen LogP contribution in [0.25, 0.3) is 10.2 Å². The van der Waals surface area contributed by atoms with Gasteiger partial charge in [-0.15, -0.1) is 0 Å². The number of pyridine rings is 1. The Morgan fingerprint density at radius 2 is 2.22 bits per heavy atom. The quantitative estimate of drug-likeness (QED) is 0.520. The van der Waals surface area contributed by atoms with Gasteiger partial charge in [-0.05, 0) is 38.9 Å². The molecule has 0 saturated heterocycles. The largest absolute Gasteiger partial charge is 0.512 e. The molecular weight excluding hydrogens is 370 g/mol. The van der Waals surface area contributed by atoms with Crippen molar-refractivity contribution in [1.29, 1.82) is 0 Å². The van der Waals surface area contributed by atoms with Crippen LogP contribution in [0.15, 0.2) is 24.7 Å². The Hall–Kier alpha value is -2.98. The lowest BCUT2D eigenvalue weighted by atomic mass is 10.2. The van der Waals surface area contributed by atoms with Crippen LogP contribution in [-0.4, -0.2) is 38.9 Å². The molecular formula is C17H19N5O4S. The topological polar surface area (TPSA) is 132 Å². The van der Waals surface area contributed by atoms with Crippen molar-refractivity contribution in [3.8, 4) is 10.9 Å². The number of nitrogens with two attached hydrogens (primary N) is 1. The van der Waals surface area contributed by atoms with Gasteiger partial charge < -0.3 is 25.6 Å². The second kappa shape index (κ2) is 8.14. The van der Waals surface area contributed by atoms with Crippen LogP contribution in [-0.2, 0) is 0 Å². The predicted octanol–water partition coefficient (Wildman–Crippen LogP) is 3.31. The molecule has 0 aliphatic heterocycles. The van der Waals surface area contributed by atoms with E-state index in [9.17, 15) is 4.79 Å². The van der Waals surface area contributed by atoms with Gasteiger partial charge in [-0.3, -0.25) is 0 Å². The minimum atomic E-state index is -1.37. The number of carbonyl (C=O) groups is 1. The molecule has 142 valence electrons. The van der Waals surface area contributed by atoms with Crippen LogP contribution in [0.1, 0.15) is 18.9 Å². The fourth-order valence-corrected chi connectivity index (χ4v) is 3.51. The molecule has 3 aromatic rings. The van der Waals surface area contributed by atoms with Gasteiger partial charge in [-0.25, -0.2) is 19.7 Å². The molecule has 0 bridgehead atoms. The molecule has 27 heavy (non-hydrogen) atoms. The molecule has 0 amide bonds. The second-order valence-electron chi connectivity index (χ2n) is 5.77. The van der Waals surface area contributed by atoms with E-state index in [2.05, 4.69) is 20.3 Å². The van der Waals surface area contributed by atoms with E-state index in [0.717, 1.165) is 11.3 Å². The summed E-state index contributed by atoms with van der Waals surface area (Å²) in [5.41, 5.74) is 6.85. The summed E-state index contributed by atoms with van der Waals surface area (Å²) in [4.78, 5) is 24.3. The molecule has 9 nitrogen and oxygen atoms in total. The molecule has 0 aliphatic rings. The standard InChI is InChI=1S/C17H19N5O4S/c1-9(5-6-18)25-14-11(4-3-7-19-14)22-13-12-10(2)16(26-17(23)24)27-15(12)21-8-20-13/h3-4,7-9H,5-6,18H2,1-2H3,(H,23,24)(H,20,21,22). The minimum Gasteiger partial charge on any atom is -0.473 e. The number of hydrogen-bond donors (Lipinski definition) is 3. The number of hydrogen-bond acceptors (Lipinski definition) is 9. The number of thiophene rings is 1. The van der Waals surface area contributed by atoms with Gasteiger partial charge >= 0.3 is 6.16 Å². The van der Waals surface area contributed by atoms with Crippen LogP contribution in [0, 0.1) is 6.92 Å². The van der Waals surface area contributed by atoms with Crippen LogP contribution in [0.5, 0.6) is 10.9 Å². The fraction of sp³-hybridized carbons (Fsp3) is 0.294. The summed E-state index contributed by atoms with van der Waals surface area (Å²) in [6.07, 6.45) is 2.28. The number of ether oxygens (including phenoxy) is 2. The summed E-state index contributed by atoms with van der Waals surface area (Å²) < 4.78 is 10.7. The Balaban J connectivity index is 1.96. The molecule has 3 heterocycles. The molecule has 1 atom stereocenters. The minimum absolute atomic E-state index is 0.0886. The predicted molar refractivity (Wildman–Crippen MR) is 102 cm³/mol. The van der Waals surface area contributed by atoms with Crippen molar-refractivity contribution in [3.05, 3.63) is 30.2 Å². The lowest BCUT2D eigenvalue weighted by Crippen LogP contribution is -2.18. The number of fused-ring (bicyclic) bond motifs is 1. The van der Waals surface area contributed by atoms with Crippen LogP contribution in [0.3, 0.4) is 0 Å². The molecule has 0 saturated carbocycles. The average molecular weight is 389 g/mol. The summed E-state index contributed by atoms with van der Waals surface area (Å²) in [6.45, 7) is 4.20. The summed E-state index contributed by atoms with van der Waals surface area (Å²) in [7, 11) is 0. The number of carboxylic acid groups (broad SMARTS) is 1. The maximum absolute atomic E-state index is 10.9. The SMILES string of the molecule is Cc1c(OC(=O)O)sc2ncnc(Nc3cccnc3OC(C)CCN)c12. The van der Waals surface area contributed by atoms with Crippen LogP contribution >= 0.6 is 11.3 Å².